The maximum absolute atomic E-state index is 12.1. The van der Waals surface area contributed by atoms with Gasteiger partial charge in [-0.25, -0.2) is 0 Å². The molecule has 2 aromatic rings. The number of furan rings is 1. The Labute approximate surface area is 128 Å². The van der Waals surface area contributed by atoms with E-state index in [1.807, 2.05) is 38.3 Å². The fourth-order valence-corrected chi connectivity index (χ4v) is 2.96. The summed E-state index contributed by atoms with van der Waals surface area (Å²) in [6.45, 7) is 3.97. The molecule has 2 atom stereocenters. The molecule has 0 radical (unpaired) electrons. The third-order valence-electron chi connectivity index (χ3n) is 3.59. The van der Waals surface area contributed by atoms with Crippen molar-refractivity contribution >= 4 is 28.6 Å². The van der Waals surface area contributed by atoms with Gasteiger partial charge in [0.15, 0.2) is 0 Å². The van der Waals surface area contributed by atoms with E-state index in [9.17, 15) is 9.90 Å². The molecule has 0 aliphatic rings. The lowest BCUT2D eigenvalue weighted by Gasteiger charge is -2.21. The number of carbonyl (C=O) groups excluding carboxylic acids is 1. The molecule has 1 aromatic heterocycles. The predicted octanol–water partition coefficient (Wildman–Crippen LogP) is 2.51. The van der Waals surface area contributed by atoms with Crippen molar-refractivity contribution in [3.8, 4) is 0 Å². The van der Waals surface area contributed by atoms with Crippen molar-refractivity contribution in [3.63, 3.8) is 0 Å². The van der Waals surface area contributed by atoms with E-state index in [2.05, 4.69) is 5.32 Å². The zero-order chi connectivity index (χ0) is 15.4. The minimum Gasteiger partial charge on any atom is -0.464 e. The molecule has 2 rings (SSSR count). The molecular weight excluding hydrogens is 286 g/mol. The maximum Gasteiger partial charge on any atom is 0.224 e. The number of hydrogen-bond donors (Lipinski definition) is 2. The van der Waals surface area contributed by atoms with Gasteiger partial charge >= 0.3 is 0 Å². The van der Waals surface area contributed by atoms with Crippen LogP contribution in [-0.2, 0) is 11.2 Å². The van der Waals surface area contributed by atoms with Crippen LogP contribution >= 0.6 is 11.8 Å². The quantitative estimate of drug-likeness (QED) is 0.861. The molecule has 0 aliphatic carbocycles. The molecule has 1 aromatic carbocycles. The van der Waals surface area contributed by atoms with Crippen molar-refractivity contribution in [3.05, 3.63) is 35.6 Å². The lowest BCUT2D eigenvalue weighted by Crippen LogP contribution is -2.41. The van der Waals surface area contributed by atoms with Gasteiger partial charge < -0.3 is 14.8 Å². The number of thioether (sulfide) groups is 1. The second-order valence-electron chi connectivity index (χ2n) is 5.25. The molecule has 0 spiro atoms. The molecule has 1 heterocycles. The summed E-state index contributed by atoms with van der Waals surface area (Å²) >= 11 is 1.55. The highest BCUT2D eigenvalue weighted by Crippen LogP contribution is 2.22. The summed E-state index contributed by atoms with van der Waals surface area (Å²) in [7, 11) is 0. The molecule has 5 heteroatoms. The van der Waals surface area contributed by atoms with Gasteiger partial charge in [-0.1, -0.05) is 12.1 Å². The van der Waals surface area contributed by atoms with Crippen molar-refractivity contribution in [1.29, 1.82) is 0 Å². The normalized spacial score (nSPS) is 14.1. The summed E-state index contributed by atoms with van der Waals surface area (Å²) in [6.07, 6.45) is 3.86. The number of benzene rings is 1. The maximum atomic E-state index is 12.1. The second kappa shape index (κ2) is 7.00. The Kier molecular flexibility index (Phi) is 5.31. The van der Waals surface area contributed by atoms with E-state index in [1.54, 1.807) is 18.0 Å². The summed E-state index contributed by atoms with van der Waals surface area (Å²) in [5.41, 5.74) is 2.83. The van der Waals surface area contributed by atoms with E-state index in [0.717, 1.165) is 22.1 Å². The van der Waals surface area contributed by atoms with Crippen LogP contribution in [-0.4, -0.2) is 35.2 Å². The number of carbonyl (C=O) groups is 1. The van der Waals surface area contributed by atoms with Gasteiger partial charge in [0.25, 0.3) is 0 Å². The van der Waals surface area contributed by atoms with Crippen LogP contribution in [0.2, 0.25) is 0 Å². The highest BCUT2D eigenvalue weighted by molar-refractivity contribution is 7.99. The van der Waals surface area contributed by atoms with Crippen molar-refractivity contribution < 1.29 is 14.3 Å². The zero-order valence-corrected chi connectivity index (χ0v) is 13.4. The molecule has 0 aliphatic heterocycles. The van der Waals surface area contributed by atoms with E-state index in [-0.39, 0.29) is 30.2 Å². The van der Waals surface area contributed by atoms with Crippen LogP contribution in [0, 0.1) is 6.92 Å². The summed E-state index contributed by atoms with van der Waals surface area (Å²) in [4.78, 5) is 12.1. The van der Waals surface area contributed by atoms with Crippen LogP contribution in [0.25, 0.3) is 11.0 Å². The smallest absolute Gasteiger partial charge is 0.224 e. The molecular formula is C16H21NO3S. The molecule has 0 saturated heterocycles. The van der Waals surface area contributed by atoms with Crippen LogP contribution in [0.5, 0.6) is 0 Å². The molecule has 4 nitrogen and oxygen atoms in total. The van der Waals surface area contributed by atoms with Gasteiger partial charge in [-0.2, -0.15) is 11.8 Å². The van der Waals surface area contributed by atoms with Crippen LogP contribution < -0.4 is 5.32 Å². The number of aryl methyl sites for hydroxylation is 1. The molecule has 21 heavy (non-hydrogen) atoms. The first-order valence-electron chi connectivity index (χ1n) is 6.95. The van der Waals surface area contributed by atoms with Crippen molar-refractivity contribution in [2.24, 2.45) is 0 Å². The SMILES string of the molecule is CS[C@H](CO)[C@@H](C)NC(=O)Cc1coc2cc(C)ccc12. The monoisotopic (exact) mass is 307 g/mol. The van der Waals surface area contributed by atoms with Gasteiger partial charge in [0.05, 0.1) is 19.3 Å². The lowest BCUT2D eigenvalue weighted by atomic mass is 10.1. The van der Waals surface area contributed by atoms with E-state index in [0.29, 0.717) is 0 Å². The number of hydrogen-bond acceptors (Lipinski definition) is 4. The van der Waals surface area contributed by atoms with Gasteiger partial charge in [0.2, 0.25) is 5.91 Å². The molecule has 1 amide bonds. The third kappa shape index (κ3) is 3.80. The first kappa shape index (κ1) is 15.9. The molecule has 0 unspecified atom stereocenters. The van der Waals surface area contributed by atoms with E-state index in [4.69, 9.17) is 4.42 Å². The minimum atomic E-state index is -0.0714. The fraction of sp³-hybridized carbons (Fsp3) is 0.438. The summed E-state index contributed by atoms with van der Waals surface area (Å²) in [5, 5.41) is 13.2. The second-order valence-corrected chi connectivity index (χ2v) is 6.33. The molecule has 0 saturated carbocycles. The number of amides is 1. The Hall–Kier alpha value is -1.46. The molecule has 0 bridgehead atoms. The van der Waals surface area contributed by atoms with Crippen molar-refractivity contribution in [2.45, 2.75) is 31.6 Å². The highest BCUT2D eigenvalue weighted by Gasteiger charge is 2.18. The standard InChI is InChI=1S/C16H21NO3S/c1-10-4-5-13-12(9-20-14(13)6-10)7-16(19)17-11(2)15(8-18)21-3/h4-6,9,11,15,18H,7-8H2,1-3H3,(H,17,19)/t11-,15-/m1/s1. The third-order valence-corrected chi connectivity index (χ3v) is 4.75. The van der Waals surface area contributed by atoms with Gasteiger partial charge in [0, 0.05) is 22.2 Å². The first-order valence-corrected chi connectivity index (χ1v) is 8.23. The number of rotatable bonds is 6. The summed E-state index contributed by atoms with van der Waals surface area (Å²) in [6, 6.07) is 5.89. The number of nitrogens with one attached hydrogen (secondary N) is 1. The minimum absolute atomic E-state index is 0.0118. The highest BCUT2D eigenvalue weighted by atomic mass is 32.2. The van der Waals surface area contributed by atoms with Gasteiger partial charge in [-0.05, 0) is 31.7 Å². The van der Waals surface area contributed by atoms with Crippen LogP contribution in [0.4, 0.5) is 0 Å². The lowest BCUT2D eigenvalue weighted by molar-refractivity contribution is -0.121. The van der Waals surface area contributed by atoms with Gasteiger partial charge in [-0.15, -0.1) is 0 Å². The Morgan fingerprint density at radius 2 is 2.24 bits per heavy atom. The number of aliphatic hydroxyl groups excluding tert-OH is 1. The van der Waals surface area contributed by atoms with Crippen LogP contribution in [0.15, 0.2) is 28.9 Å². The van der Waals surface area contributed by atoms with E-state index >= 15 is 0 Å². The zero-order valence-electron chi connectivity index (χ0n) is 12.6. The summed E-state index contributed by atoms with van der Waals surface area (Å²) in [5.74, 6) is -0.0572. The van der Waals surface area contributed by atoms with Gasteiger partial charge in [-0.3, -0.25) is 4.79 Å². The molecule has 114 valence electrons. The first-order chi connectivity index (χ1) is 10.0. The average Bonchev–Trinajstić information content (AvgIpc) is 2.82. The van der Waals surface area contributed by atoms with E-state index in [1.165, 1.54) is 0 Å². The molecule has 0 fully saturated rings. The fourth-order valence-electron chi connectivity index (χ4n) is 2.33. The van der Waals surface area contributed by atoms with Crippen LogP contribution in [0.3, 0.4) is 0 Å². The topological polar surface area (TPSA) is 62.5 Å². The summed E-state index contributed by atoms with van der Waals surface area (Å²) < 4.78 is 5.50. The van der Waals surface area contributed by atoms with Gasteiger partial charge in [0.1, 0.15) is 5.58 Å². The number of aliphatic hydroxyl groups is 1. The largest absolute Gasteiger partial charge is 0.464 e. The average molecular weight is 307 g/mol. The Bertz CT molecular complexity index is 619. The van der Waals surface area contributed by atoms with E-state index < -0.39 is 0 Å². The predicted molar refractivity (Wildman–Crippen MR) is 86.6 cm³/mol. The Morgan fingerprint density at radius 3 is 2.90 bits per heavy atom. The van der Waals surface area contributed by atoms with Crippen LogP contribution in [0.1, 0.15) is 18.1 Å². The molecule has 2 N–H and O–H groups in total. The number of fused-ring (bicyclic) bond motifs is 1. The Morgan fingerprint density at radius 1 is 1.48 bits per heavy atom. The van der Waals surface area contributed by atoms with Crippen molar-refractivity contribution in [1.82, 2.24) is 5.32 Å². The Balaban J connectivity index is 2.04. The van der Waals surface area contributed by atoms with Crippen molar-refractivity contribution in [2.75, 3.05) is 12.9 Å².